The van der Waals surface area contributed by atoms with Gasteiger partial charge in [0.15, 0.2) is 0 Å². The van der Waals surface area contributed by atoms with Crippen LogP contribution in [0.5, 0.6) is 0 Å². The standard InChI is InChI=1S/C15H22N2O.ClH/c1-11(2)12-6-8-13(9-7-12)17(3)15(18)14-5-4-10-16-14;/h6-9,11,14,16H,4-5,10H2,1-3H3;1H. The second kappa shape index (κ2) is 6.92. The molecule has 0 radical (unpaired) electrons. The Bertz CT molecular complexity index is 411. The van der Waals surface area contributed by atoms with Crippen molar-refractivity contribution < 1.29 is 4.79 Å². The van der Waals surface area contributed by atoms with Crippen LogP contribution >= 0.6 is 12.4 Å². The first kappa shape index (κ1) is 16.0. The third kappa shape index (κ3) is 3.71. The van der Waals surface area contributed by atoms with Crippen LogP contribution in [0.3, 0.4) is 0 Å². The van der Waals surface area contributed by atoms with E-state index in [4.69, 9.17) is 0 Å². The minimum atomic E-state index is -0.000208. The first-order valence-corrected chi connectivity index (χ1v) is 6.70. The fourth-order valence-electron chi connectivity index (χ4n) is 2.34. The first-order chi connectivity index (χ1) is 8.59. The molecular formula is C15H23ClN2O. The molecule has 1 fully saturated rings. The highest BCUT2D eigenvalue weighted by Gasteiger charge is 2.25. The lowest BCUT2D eigenvalue weighted by Gasteiger charge is -2.21. The zero-order valence-corrected chi connectivity index (χ0v) is 12.7. The number of nitrogens with zero attached hydrogens (tertiary/aromatic N) is 1. The number of nitrogens with one attached hydrogen (secondary N) is 1. The first-order valence-electron chi connectivity index (χ1n) is 6.70. The molecule has 1 heterocycles. The lowest BCUT2D eigenvalue weighted by Crippen LogP contribution is -2.41. The number of carbonyl (C=O) groups is 1. The molecule has 0 bridgehead atoms. The predicted molar refractivity (Wildman–Crippen MR) is 82.2 cm³/mol. The topological polar surface area (TPSA) is 32.3 Å². The van der Waals surface area contributed by atoms with E-state index >= 15 is 0 Å². The smallest absolute Gasteiger partial charge is 0.243 e. The number of likely N-dealkylation sites (N-methyl/N-ethyl adjacent to an activating group) is 1. The highest BCUT2D eigenvalue weighted by Crippen LogP contribution is 2.20. The lowest BCUT2D eigenvalue weighted by molar-refractivity contribution is -0.119. The molecule has 1 aromatic carbocycles. The number of halogens is 1. The van der Waals surface area contributed by atoms with Crippen LogP contribution in [0, 0.1) is 0 Å². The quantitative estimate of drug-likeness (QED) is 0.924. The maximum Gasteiger partial charge on any atom is 0.243 e. The van der Waals surface area contributed by atoms with Crippen LogP contribution in [0.15, 0.2) is 24.3 Å². The Kier molecular flexibility index (Phi) is 5.83. The predicted octanol–water partition coefficient (Wildman–Crippen LogP) is 2.95. The molecule has 0 saturated carbocycles. The number of benzene rings is 1. The van der Waals surface area contributed by atoms with Gasteiger partial charge in [0.05, 0.1) is 6.04 Å². The van der Waals surface area contributed by atoms with Gasteiger partial charge in [-0.05, 0) is 43.0 Å². The van der Waals surface area contributed by atoms with Crippen LogP contribution in [0.25, 0.3) is 0 Å². The Hall–Kier alpha value is -1.06. The molecule has 0 aromatic heterocycles. The Balaban J connectivity index is 0.00000180. The Morgan fingerprint density at radius 1 is 1.32 bits per heavy atom. The Labute approximate surface area is 121 Å². The van der Waals surface area contributed by atoms with Crippen molar-refractivity contribution in [3.05, 3.63) is 29.8 Å². The largest absolute Gasteiger partial charge is 0.314 e. The molecule has 0 spiro atoms. The number of anilines is 1. The lowest BCUT2D eigenvalue weighted by atomic mass is 10.0. The maximum atomic E-state index is 12.2. The molecule has 1 N–H and O–H groups in total. The van der Waals surface area contributed by atoms with E-state index in [-0.39, 0.29) is 24.4 Å². The molecule has 1 aliphatic rings. The maximum absolute atomic E-state index is 12.2. The molecule has 1 atom stereocenters. The van der Waals surface area contributed by atoms with E-state index in [1.54, 1.807) is 4.90 Å². The number of carbonyl (C=O) groups excluding carboxylic acids is 1. The molecule has 4 heteroatoms. The van der Waals surface area contributed by atoms with Gasteiger partial charge in [-0.1, -0.05) is 26.0 Å². The highest BCUT2D eigenvalue weighted by molar-refractivity contribution is 5.96. The zero-order valence-electron chi connectivity index (χ0n) is 11.8. The molecule has 2 rings (SSSR count). The van der Waals surface area contributed by atoms with Gasteiger partial charge in [0.2, 0.25) is 5.91 Å². The van der Waals surface area contributed by atoms with E-state index in [9.17, 15) is 4.79 Å². The summed E-state index contributed by atoms with van der Waals surface area (Å²) >= 11 is 0. The van der Waals surface area contributed by atoms with Crippen LogP contribution in [-0.2, 0) is 4.79 Å². The third-order valence-electron chi connectivity index (χ3n) is 3.64. The van der Waals surface area contributed by atoms with Gasteiger partial charge in [-0.2, -0.15) is 0 Å². The van der Waals surface area contributed by atoms with Gasteiger partial charge in [-0.25, -0.2) is 0 Å². The number of amides is 1. The highest BCUT2D eigenvalue weighted by atomic mass is 35.5. The second-order valence-electron chi connectivity index (χ2n) is 5.29. The summed E-state index contributed by atoms with van der Waals surface area (Å²) in [5.74, 6) is 0.696. The molecule has 1 aromatic rings. The molecule has 19 heavy (non-hydrogen) atoms. The van der Waals surface area contributed by atoms with E-state index < -0.39 is 0 Å². The van der Waals surface area contributed by atoms with Crippen LogP contribution in [0.2, 0.25) is 0 Å². The summed E-state index contributed by atoms with van der Waals surface area (Å²) < 4.78 is 0. The van der Waals surface area contributed by atoms with Gasteiger partial charge in [-0.15, -0.1) is 12.4 Å². The molecule has 106 valence electrons. The summed E-state index contributed by atoms with van der Waals surface area (Å²) in [5.41, 5.74) is 2.27. The van der Waals surface area contributed by atoms with E-state index in [1.165, 1.54) is 5.56 Å². The molecule has 0 aliphatic carbocycles. The van der Waals surface area contributed by atoms with Crippen LogP contribution in [-0.4, -0.2) is 25.5 Å². The number of hydrogen-bond acceptors (Lipinski definition) is 2. The van der Waals surface area contributed by atoms with Crippen LogP contribution in [0.4, 0.5) is 5.69 Å². The molecule has 3 nitrogen and oxygen atoms in total. The van der Waals surface area contributed by atoms with E-state index in [0.29, 0.717) is 5.92 Å². The normalized spacial score (nSPS) is 18.2. The molecule has 1 aliphatic heterocycles. The van der Waals surface area contributed by atoms with Crippen molar-refractivity contribution >= 4 is 24.0 Å². The summed E-state index contributed by atoms with van der Waals surface area (Å²) in [6.45, 7) is 5.30. The van der Waals surface area contributed by atoms with Crippen molar-refractivity contribution in [1.29, 1.82) is 0 Å². The Morgan fingerprint density at radius 2 is 1.95 bits per heavy atom. The van der Waals surface area contributed by atoms with Gasteiger partial charge in [0, 0.05) is 12.7 Å². The summed E-state index contributed by atoms with van der Waals surface area (Å²) in [7, 11) is 1.85. The summed E-state index contributed by atoms with van der Waals surface area (Å²) in [6, 6.07) is 8.27. The van der Waals surface area contributed by atoms with Crippen LogP contribution in [0.1, 0.15) is 38.2 Å². The summed E-state index contributed by atoms with van der Waals surface area (Å²) in [5, 5.41) is 3.25. The minimum Gasteiger partial charge on any atom is -0.314 e. The van der Waals surface area contributed by atoms with Gasteiger partial charge >= 0.3 is 0 Å². The number of hydrogen-bond donors (Lipinski definition) is 1. The molecule has 1 unspecified atom stereocenters. The molecule has 1 amide bonds. The second-order valence-corrected chi connectivity index (χ2v) is 5.29. The van der Waals surface area contributed by atoms with Crippen molar-refractivity contribution in [3.63, 3.8) is 0 Å². The monoisotopic (exact) mass is 282 g/mol. The van der Waals surface area contributed by atoms with Gasteiger partial charge in [-0.3, -0.25) is 4.79 Å². The zero-order chi connectivity index (χ0) is 13.1. The summed E-state index contributed by atoms with van der Waals surface area (Å²) in [4.78, 5) is 14.0. The molecular weight excluding hydrogens is 260 g/mol. The van der Waals surface area contributed by atoms with E-state index in [0.717, 1.165) is 25.1 Å². The average Bonchev–Trinajstić information content (AvgIpc) is 2.91. The van der Waals surface area contributed by atoms with Crippen molar-refractivity contribution in [2.45, 2.75) is 38.6 Å². The van der Waals surface area contributed by atoms with Gasteiger partial charge < -0.3 is 10.2 Å². The molecule has 1 saturated heterocycles. The van der Waals surface area contributed by atoms with E-state index in [1.807, 2.05) is 19.2 Å². The average molecular weight is 283 g/mol. The SMILES string of the molecule is CC(C)c1ccc(N(C)C(=O)C2CCCN2)cc1.Cl. The van der Waals surface area contributed by atoms with Crippen molar-refractivity contribution in [2.24, 2.45) is 0 Å². The minimum absolute atomic E-state index is 0. The summed E-state index contributed by atoms with van der Waals surface area (Å²) in [6.07, 6.45) is 2.05. The Morgan fingerprint density at radius 3 is 2.42 bits per heavy atom. The van der Waals surface area contributed by atoms with Gasteiger partial charge in [0.25, 0.3) is 0 Å². The van der Waals surface area contributed by atoms with Gasteiger partial charge in [0.1, 0.15) is 0 Å². The third-order valence-corrected chi connectivity index (χ3v) is 3.64. The number of rotatable bonds is 3. The van der Waals surface area contributed by atoms with Crippen molar-refractivity contribution in [3.8, 4) is 0 Å². The fourth-order valence-corrected chi connectivity index (χ4v) is 2.34. The van der Waals surface area contributed by atoms with Crippen molar-refractivity contribution in [2.75, 3.05) is 18.5 Å². The van der Waals surface area contributed by atoms with Crippen molar-refractivity contribution in [1.82, 2.24) is 5.32 Å². The van der Waals surface area contributed by atoms with E-state index in [2.05, 4.69) is 31.3 Å². The fraction of sp³-hybridized carbons (Fsp3) is 0.533. The van der Waals surface area contributed by atoms with Crippen LogP contribution < -0.4 is 10.2 Å².